The van der Waals surface area contributed by atoms with Crippen LogP contribution in [0.4, 0.5) is 11.5 Å². The van der Waals surface area contributed by atoms with Crippen molar-refractivity contribution in [2.24, 2.45) is 0 Å². The highest BCUT2D eigenvalue weighted by Crippen LogP contribution is 2.13. The molecule has 1 heterocycles. The number of anilines is 2. The van der Waals surface area contributed by atoms with Crippen LogP contribution < -0.4 is 10.6 Å². The first-order valence-corrected chi connectivity index (χ1v) is 7.28. The Labute approximate surface area is 121 Å². The highest BCUT2D eigenvalue weighted by Gasteiger charge is 1.99. The summed E-state index contributed by atoms with van der Waals surface area (Å²) in [5.74, 6) is 0.938. The third-order valence-corrected chi connectivity index (χ3v) is 3.30. The van der Waals surface area contributed by atoms with Crippen LogP contribution in [0.3, 0.4) is 0 Å². The second-order valence-electron chi connectivity index (χ2n) is 4.96. The van der Waals surface area contributed by atoms with Gasteiger partial charge in [-0.1, -0.05) is 31.2 Å². The van der Waals surface area contributed by atoms with E-state index in [-0.39, 0.29) is 0 Å². The molecule has 0 aliphatic rings. The van der Waals surface area contributed by atoms with Gasteiger partial charge in [-0.15, -0.1) is 0 Å². The summed E-state index contributed by atoms with van der Waals surface area (Å²) in [6.07, 6.45) is 3.98. The number of hydrogen-bond donors (Lipinski definition) is 2. The molecule has 2 N–H and O–H groups in total. The van der Waals surface area contributed by atoms with E-state index in [1.54, 1.807) is 0 Å². The van der Waals surface area contributed by atoms with Crippen LogP contribution in [0.25, 0.3) is 0 Å². The number of nitrogens with one attached hydrogen (secondary N) is 2. The number of aryl methyl sites for hydroxylation is 1. The molecule has 1 aromatic heterocycles. The first-order valence-electron chi connectivity index (χ1n) is 7.28. The molecule has 0 bridgehead atoms. The molecular formula is C17H23N3. The second kappa shape index (κ2) is 7.53. The molecule has 1 aromatic carbocycles. The van der Waals surface area contributed by atoms with Gasteiger partial charge in [-0.25, -0.2) is 4.98 Å². The minimum absolute atomic E-state index is 0.933. The topological polar surface area (TPSA) is 37.0 Å². The van der Waals surface area contributed by atoms with Gasteiger partial charge in [0.2, 0.25) is 0 Å². The first kappa shape index (κ1) is 14.4. The molecule has 0 aliphatic carbocycles. The van der Waals surface area contributed by atoms with E-state index in [4.69, 9.17) is 0 Å². The summed E-state index contributed by atoms with van der Waals surface area (Å²) in [7, 11) is 0. The van der Waals surface area contributed by atoms with E-state index in [1.807, 2.05) is 12.3 Å². The molecule has 106 valence electrons. The molecule has 0 saturated carbocycles. The fraction of sp³-hybridized carbons (Fsp3) is 0.353. The molecule has 0 atom stereocenters. The van der Waals surface area contributed by atoms with Crippen molar-refractivity contribution >= 4 is 11.5 Å². The van der Waals surface area contributed by atoms with Crippen LogP contribution in [0.5, 0.6) is 0 Å². The van der Waals surface area contributed by atoms with Gasteiger partial charge in [0.15, 0.2) is 0 Å². The summed E-state index contributed by atoms with van der Waals surface area (Å²) in [6.45, 7) is 6.20. The van der Waals surface area contributed by atoms with Gasteiger partial charge < -0.3 is 10.6 Å². The predicted octanol–water partition coefficient (Wildman–Crippen LogP) is 3.87. The molecule has 2 aromatic rings. The summed E-state index contributed by atoms with van der Waals surface area (Å²) < 4.78 is 0. The molecule has 0 amide bonds. The van der Waals surface area contributed by atoms with Crippen molar-refractivity contribution in [3.63, 3.8) is 0 Å². The Kier molecular flexibility index (Phi) is 5.42. The van der Waals surface area contributed by atoms with E-state index in [0.29, 0.717) is 0 Å². The monoisotopic (exact) mass is 269 g/mol. The molecule has 0 spiro atoms. The van der Waals surface area contributed by atoms with Crippen molar-refractivity contribution in [1.82, 2.24) is 4.98 Å². The Morgan fingerprint density at radius 1 is 1.05 bits per heavy atom. The zero-order valence-electron chi connectivity index (χ0n) is 12.3. The average Bonchev–Trinajstić information content (AvgIpc) is 2.48. The van der Waals surface area contributed by atoms with Gasteiger partial charge in [0.05, 0.1) is 0 Å². The molecule has 0 saturated heterocycles. The van der Waals surface area contributed by atoms with Crippen LogP contribution in [0, 0.1) is 6.92 Å². The average molecular weight is 269 g/mol. The molecule has 20 heavy (non-hydrogen) atoms. The Morgan fingerprint density at radius 2 is 1.90 bits per heavy atom. The van der Waals surface area contributed by atoms with E-state index in [0.717, 1.165) is 37.4 Å². The molecule has 0 radical (unpaired) electrons. The highest BCUT2D eigenvalue weighted by molar-refractivity contribution is 5.51. The third-order valence-electron chi connectivity index (χ3n) is 3.30. The molecular weight excluding hydrogens is 246 g/mol. The van der Waals surface area contributed by atoms with Crippen molar-refractivity contribution in [2.75, 3.05) is 23.7 Å². The van der Waals surface area contributed by atoms with Crippen LogP contribution in [-0.4, -0.2) is 18.1 Å². The van der Waals surface area contributed by atoms with Crippen molar-refractivity contribution in [1.29, 1.82) is 0 Å². The lowest BCUT2D eigenvalue weighted by Gasteiger charge is -2.10. The largest absolute Gasteiger partial charge is 0.385 e. The quantitative estimate of drug-likeness (QED) is 0.801. The van der Waals surface area contributed by atoms with E-state index in [9.17, 15) is 0 Å². The van der Waals surface area contributed by atoms with Gasteiger partial charge in [0.25, 0.3) is 0 Å². The number of pyridine rings is 1. The van der Waals surface area contributed by atoms with Crippen molar-refractivity contribution in [3.8, 4) is 0 Å². The second-order valence-corrected chi connectivity index (χ2v) is 4.96. The van der Waals surface area contributed by atoms with Crippen LogP contribution in [0.1, 0.15) is 24.5 Å². The van der Waals surface area contributed by atoms with Gasteiger partial charge in [-0.2, -0.15) is 0 Å². The fourth-order valence-electron chi connectivity index (χ4n) is 2.12. The maximum absolute atomic E-state index is 4.31. The Bertz CT molecular complexity index is 537. The van der Waals surface area contributed by atoms with Gasteiger partial charge in [0, 0.05) is 31.0 Å². The van der Waals surface area contributed by atoms with Gasteiger partial charge >= 0.3 is 0 Å². The number of nitrogens with zero attached hydrogens (tertiary/aromatic N) is 1. The normalized spacial score (nSPS) is 10.3. The number of benzene rings is 1. The SMILES string of the molecule is CCCNc1cc(NCCc2ccccc2C)ccn1. The first-order chi connectivity index (χ1) is 9.79. The van der Waals surface area contributed by atoms with Crippen LogP contribution in [0.2, 0.25) is 0 Å². The van der Waals surface area contributed by atoms with Gasteiger partial charge in [-0.05, 0) is 37.0 Å². The van der Waals surface area contributed by atoms with Crippen molar-refractivity contribution in [3.05, 3.63) is 53.7 Å². The molecule has 2 rings (SSSR count). The Hall–Kier alpha value is -2.03. The van der Waals surface area contributed by atoms with Crippen molar-refractivity contribution < 1.29 is 0 Å². The zero-order valence-corrected chi connectivity index (χ0v) is 12.3. The lowest BCUT2D eigenvalue weighted by molar-refractivity contribution is 0.967. The standard InChI is InChI=1S/C17H23N3/c1-3-10-19-17-13-16(9-12-20-17)18-11-8-15-7-5-4-6-14(15)2/h4-7,9,12-13H,3,8,10-11H2,1-2H3,(H2,18,19,20). The Morgan fingerprint density at radius 3 is 2.70 bits per heavy atom. The minimum atomic E-state index is 0.933. The van der Waals surface area contributed by atoms with Crippen LogP contribution in [-0.2, 0) is 6.42 Å². The van der Waals surface area contributed by atoms with E-state index < -0.39 is 0 Å². The Balaban J connectivity index is 1.86. The minimum Gasteiger partial charge on any atom is -0.385 e. The molecule has 3 heteroatoms. The number of hydrogen-bond acceptors (Lipinski definition) is 3. The fourth-order valence-corrected chi connectivity index (χ4v) is 2.12. The lowest BCUT2D eigenvalue weighted by atomic mass is 10.1. The maximum atomic E-state index is 4.31. The van der Waals surface area contributed by atoms with Gasteiger partial charge in [-0.3, -0.25) is 0 Å². The van der Waals surface area contributed by atoms with Crippen LogP contribution >= 0.6 is 0 Å². The molecule has 0 fully saturated rings. The zero-order chi connectivity index (χ0) is 14.2. The number of aromatic nitrogens is 1. The lowest BCUT2D eigenvalue weighted by Crippen LogP contribution is -2.07. The van der Waals surface area contributed by atoms with E-state index in [2.05, 4.69) is 59.8 Å². The summed E-state index contributed by atoms with van der Waals surface area (Å²) in [5.41, 5.74) is 3.87. The summed E-state index contributed by atoms with van der Waals surface area (Å²) >= 11 is 0. The number of rotatable bonds is 7. The van der Waals surface area contributed by atoms with Crippen LogP contribution in [0.15, 0.2) is 42.6 Å². The molecule has 0 aliphatic heterocycles. The van der Waals surface area contributed by atoms with E-state index >= 15 is 0 Å². The summed E-state index contributed by atoms with van der Waals surface area (Å²) in [5, 5.41) is 6.76. The third kappa shape index (κ3) is 4.26. The predicted molar refractivity (Wildman–Crippen MR) is 86.4 cm³/mol. The van der Waals surface area contributed by atoms with Gasteiger partial charge in [0.1, 0.15) is 5.82 Å². The van der Waals surface area contributed by atoms with Crippen molar-refractivity contribution in [2.45, 2.75) is 26.7 Å². The molecule has 3 nitrogen and oxygen atoms in total. The summed E-state index contributed by atoms with van der Waals surface area (Å²) in [4.78, 5) is 4.31. The highest BCUT2D eigenvalue weighted by atomic mass is 15.0. The maximum Gasteiger partial charge on any atom is 0.127 e. The van der Waals surface area contributed by atoms with E-state index in [1.165, 1.54) is 11.1 Å². The molecule has 0 unspecified atom stereocenters. The summed E-state index contributed by atoms with van der Waals surface area (Å²) in [6, 6.07) is 12.6. The smallest absolute Gasteiger partial charge is 0.127 e.